The average molecular weight is 1430 g/mol. The molecule has 2 saturated heterocycles. The van der Waals surface area contributed by atoms with Crippen molar-refractivity contribution in [2.24, 2.45) is 47.3 Å². The first-order valence-corrected chi connectivity index (χ1v) is 36.9. The van der Waals surface area contributed by atoms with E-state index < -0.39 is 167 Å². The summed E-state index contributed by atoms with van der Waals surface area (Å²) in [6.07, 6.45) is -0.323. The third-order valence-electron chi connectivity index (χ3n) is 20.2. The van der Waals surface area contributed by atoms with E-state index in [9.17, 15) is 29.1 Å². The average Bonchev–Trinajstić information content (AvgIpc) is 0.808. The van der Waals surface area contributed by atoms with Crippen molar-refractivity contribution < 1.29 is 81.6 Å². The highest BCUT2D eigenvalue weighted by atomic mass is 16.7. The highest BCUT2D eigenvalue weighted by Gasteiger charge is 2.47. The molecule has 2 fully saturated rings. The summed E-state index contributed by atoms with van der Waals surface area (Å²) in [5.41, 5.74) is 0. The number of hydrogen-bond donors (Lipinski definition) is 3. The fourth-order valence-electron chi connectivity index (χ4n) is 13.5. The molecule has 2 aliphatic rings. The van der Waals surface area contributed by atoms with Crippen molar-refractivity contribution in [1.29, 1.82) is 0 Å². The van der Waals surface area contributed by atoms with Gasteiger partial charge in [-0.1, -0.05) is 103 Å². The molecule has 0 unspecified atom stereocenters. The normalized spacial score (nSPS) is 26.6. The number of amides is 9. The molecule has 2 rings (SSSR count). The molecule has 0 spiro atoms. The molecule has 14 atom stereocenters. The number of unbranched alkanes of at least 4 members (excludes halogenated alkanes) is 3. The van der Waals surface area contributed by atoms with E-state index in [1.165, 1.54) is 94.8 Å². The molecule has 27 heteroatoms. The molecule has 9 amide bonds. The van der Waals surface area contributed by atoms with Crippen molar-refractivity contribution in [1.82, 2.24) is 49.8 Å². The fourth-order valence-corrected chi connectivity index (χ4v) is 13.5. The zero-order valence-corrected chi connectivity index (χ0v) is 66.0. The van der Waals surface area contributed by atoms with Gasteiger partial charge in [0.25, 0.3) is 0 Å². The molecular weight excluding hydrogens is 1300 g/mol. The Bertz CT molecular complexity index is 2710. The van der Waals surface area contributed by atoms with E-state index in [0.29, 0.717) is 45.3 Å². The summed E-state index contributed by atoms with van der Waals surface area (Å²) in [5, 5.41) is 18.0. The van der Waals surface area contributed by atoms with Gasteiger partial charge in [-0.05, 0) is 114 Å². The molecule has 2 heterocycles. The monoisotopic (exact) mass is 1430 g/mol. The molecule has 0 aromatic heterocycles. The van der Waals surface area contributed by atoms with Gasteiger partial charge in [0.1, 0.15) is 48.3 Å². The second-order valence-corrected chi connectivity index (χ2v) is 30.5. The van der Waals surface area contributed by atoms with E-state index in [-0.39, 0.29) is 69.5 Å². The number of nitrogens with zero attached hydrogens (tertiary/aromatic N) is 8. The molecule has 0 aliphatic carbocycles. The van der Waals surface area contributed by atoms with Crippen LogP contribution in [0.1, 0.15) is 188 Å². The van der Waals surface area contributed by atoms with Crippen LogP contribution in [0.4, 0.5) is 4.79 Å². The Balaban J connectivity index is 3.02. The van der Waals surface area contributed by atoms with E-state index in [2.05, 4.69) is 20.3 Å². The predicted octanol–water partition coefficient (Wildman–Crippen LogP) is 5.69. The van der Waals surface area contributed by atoms with Crippen LogP contribution in [0.2, 0.25) is 0 Å². The standard InChI is InChI=1S/C74H132N10O17/c1-25-55-70(93)77(17)52(15)68(91)82(22)62(53(16)100-35-30-28-32-84-33-37-99-38-34-84)60(86)43-54(47(8)9)69(92)78(18)56(39-44(2)3)59(85)42-50(13)65(88)75-51(14)67(90)79(19)57(40-45(4)5)71(94)80(20)58(41-46(6)7)72(95)81(21)61(48(10)11)73(96)83(23)63(66(89)76-55)64(87)49(12)31-27-26-29-36-101-74(97)98-24/h44-58,61-64,87H,25-43H2,1-24H3,(H,75,88)(H,76,89)/t49-,50-,51-,52-,53-,54+,55+,56+,57+,58+,61+,62+,63+,64-/m1/s1. The number of morpholine rings is 1. The summed E-state index contributed by atoms with van der Waals surface area (Å²) in [5.74, 6) is -11.2. The maximum absolute atomic E-state index is 15.5. The van der Waals surface area contributed by atoms with E-state index >= 15 is 33.6 Å². The van der Waals surface area contributed by atoms with E-state index in [4.69, 9.17) is 14.2 Å². The van der Waals surface area contributed by atoms with Gasteiger partial charge in [0.05, 0.1) is 45.2 Å². The molecule has 0 radical (unpaired) electrons. The number of carbonyl (C=O) groups excluding carboxylic acids is 12. The Kier molecular flexibility index (Phi) is 39.3. The van der Waals surface area contributed by atoms with Gasteiger partial charge in [0.2, 0.25) is 53.2 Å². The van der Waals surface area contributed by atoms with Gasteiger partial charge < -0.3 is 69.0 Å². The first kappa shape index (κ1) is 90.8. The molecular formula is C74H132N10O17. The van der Waals surface area contributed by atoms with Crippen molar-refractivity contribution in [2.45, 2.75) is 254 Å². The minimum Gasteiger partial charge on any atom is -0.438 e. The Hall–Kier alpha value is -6.32. The summed E-state index contributed by atoms with van der Waals surface area (Å²) in [6.45, 7) is 31.8. The Morgan fingerprint density at radius 1 is 0.525 bits per heavy atom. The SMILES string of the molecule is CC[C@@H]1NC(=O)[C@H]([C@H](O)[C@H](C)CCCCCOC(=O)OC)N(C)C(=O)[C@H](C(C)C)N(C)C(=O)[C@H](CC(C)C)N(C)C(=O)[C@H](CC(C)C)N(C)C(=O)[C@@H](C)NC(=O)[C@H](C)CC(=O)[C@H](CC(C)C)N(C)C(=O)[C@H](C(C)C)CC(=O)[C@H]([C@@H](C)OCCCCN2CCOCC2)N(C)C(=O)[C@@H](C)N(C)C1=O. The first-order chi connectivity index (χ1) is 47.1. The lowest BCUT2D eigenvalue weighted by atomic mass is 9.85. The third kappa shape index (κ3) is 27.0. The summed E-state index contributed by atoms with van der Waals surface area (Å²) >= 11 is 0. The number of nitrogens with one attached hydrogen (secondary N) is 2. The van der Waals surface area contributed by atoms with Crippen molar-refractivity contribution >= 4 is 70.9 Å². The minimum atomic E-state index is -1.69. The largest absolute Gasteiger partial charge is 0.507 e. The van der Waals surface area contributed by atoms with E-state index in [1.54, 1.807) is 55.4 Å². The number of aliphatic hydroxyl groups is 1. The van der Waals surface area contributed by atoms with Crippen LogP contribution in [-0.4, -0.2) is 284 Å². The number of likely N-dealkylation sites (N-methyl/N-ethyl adjacent to an activating group) is 7. The molecule has 27 nitrogen and oxygen atoms in total. The highest BCUT2D eigenvalue weighted by molar-refractivity contribution is 6.00. The topological polar surface area (TPSA) is 312 Å². The summed E-state index contributed by atoms with van der Waals surface area (Å²) in [4.78, 5) is 187. The minimum absolute atomic E-state index is 0.0279. The van der Waals surface area contributed by atoms with Gasteiger partial charge in [-0.3, -0.25) is 57.6 Å². The number of Topliss-reactive ketones (excluding diaryl/α,β-unsaturated/α-hetero) is 2. The molecule has 3 N–H and O–H groups in total. The molecule has 0 bridgehead atoms. The van der Waals surface area contributed by atoms with Crippen LogP contribution in [0.5, 0.6) is 0 Å². The first-order valence-electron chi connectivity index (χ1n) is 36.9. The quantitative estimate of drug-likeness (QED) is 0.0772. The Morgan fingerprint density at radius 3 is 1.55 bits per heavy atom. The number of ketones is 2. The second-order valence-electron chi connectivity index (χ2n) is 30.5. The van der Waals surface area contributed by atoms with Crippen LogP contribution in [0.3, 0.4) is 0 Å². The molecule has 2 aliphatic heterocycles. The Labute approximate surface area is 604 Å². The van der Waals surface area contributed by atoms with Crippen LogP contribution < -0.4 is 10.6 Å². The lowest BCUT2D eigenvalue weighted by Gasteiger charge is -2.41. The Morgan fingerprint density at radius 2 is 1.03 bits per heavy atom. The number of methoxy groups -OCH3 is 1. The van der Waals surface area contributed by atoms with Gasteiger partial charge in [-0.15, -0.1) is 0 Å². The molecule has 101 heavy (non-hydrogen) atoms. The van der Waals surface area contributed by atoms with E-state index in [1.807, 2.05) is 41.5 Å². The number of carbonyl (C=O) groups is 12. The molecule has 580 valence electrons. The number of hydrogen-bond acceptors (Lipinski definition) is 18. The van der Waals surface area contributed by atoms with Crippen molar-refractivity contribution in [2.75, 3.05) is 103 Å². The number of aliphatic hydroxyl groups excluding tert-OH is 1. The van der Waals surface area contributed by atoms with Gasteiger partial charge in [-0.25, -0.2) is 4.79 Å². The summed E-state index contributed by atoms with van der Waals surface area (Å²) in [6, 6.07) is -11.5. The second kappa shape index (κ2) is 43.7. The highest BCUT2D eigenvalue weighted by Crippen LogP contribution is 2.29. The van der Waals surface area contributed by atoms with Gasteiger partial charge >= 0.3 is 6.16 Å². The maximum atomic E-state index is 15.5. The van der Waals surface area contributed by atoms with Crippen molar-refractivity contribution in [3.63, 3.8) is 0 Å². The van der Waals surface area contributed by atoms with Crippen LogP contribution in [-0.2, 0) is 71.7 Å². The van der Waals surface area contributed by atoms with Gasteiger partial charge in [0.15, 0.2) is 11.6 Å². The number of rotatable bonds is 24. The van der Waals surface area contributed by atoms with Crippen LogP contribution in [0.25, 0.3) is 0 Å². The maximum Gasteiger partial charge on any atom is 0.507 e. The van der Waals surface area contributed by atoms with Crippen LogP contribution in [0, 0.1) is 47.3 Å². The van der Waals surface area contributed by atoms with Crippen LogP contribution >= 0.6 is 0 Å². The third-order valence-corrected chi connectivity index (χ3v) is 20.2. The number of ether oxygens (including phenoxy) is 4. The van der Waals surface area contributed by atoms with Gasteiger partial charge in [0, 0.05) is 93.7 Å². The van der Waals surface area contributed by atoms with Crippen LogP contribution in [0.15, 0.2) is 0 Å². The lowest BCUT2D eigenvalue weighted by molar-refractivity contribution is -0.157. The molecule has 0 saturated carbocycles. The summed E-state index contributed by atoms with van der Waals surface area (Å²) in [7, 11) is 11.2. The molecule has 0 aromatic rings. The summed E-state index contributed by atoms with van der Waals surface area (Å²) < 4.78 is 21.5. The lowest BCUT2D eigenvalue weighted by Crippen LogP contribution is -2.64. The zero-order chi connectivity index (χ0) is 77.2. The van der Waals surface area contributed by atoms with E-state index in [0.717, 1.165) is 35.9 Å². The van der Waals surface area contributed by atoms with Crippen molar-refractivity contribution in [3.05, 3.63) is 0 Å². The fraction of sp³-hybridized carbons (Fsp3) is 0.838. The molecule has 0 aromatic carbocycles. The van der Waals surface area contributed by atoms with Crippen molar-refractivity contribution in [3.8, 4) is 0 Å². The zero-order valence-electron chi connectivity index (χ0n) is 66.0. The van der Waals surface area contributed by atoms with Gasteiger partial charge in [-0.2, -0.15) is 0 Å². The predicted molar refractivity (Wildman–Crippen MR) is 385 cm³/mol. The smallest absolute Gasteiger partial charge is 0.438 e.